The van der Waals surface area contributed by atoms with E-state index in [1.165, 1.54) is 11.1 Å². The second-order valence-corrected chi connectivity index (χ2v) is 4.55. The maximum absolute atomic E-state index is 5.53. The Bertz CT molecular complexity index is 522. The number of rotatable bonds is 4. The SMILES string of the molecule is CNC(Cc1ncc[nH]1)c1ccc2c(c1)CCO2. The summed E-state index contributed by atoms with van der Waals surface area (Å²) in [6.07, 6.45) is 5.53. The van der Waals surface area contributed by atoms with E-state index in [9.17, 15) is 0 Å². The van der Waals surface area contributed by atoms with Gasteiger partial charge in [-0.2, -0.15) is 0 Å². The van der Waals surface area contributed by atoms with Crippen LogP contribution < -0.4 is 10.1 Å². The first-order chi connectivity index (χ1) is 8.86. The van der Waals surface area contributed by atoms with Crippen LogP contribution >= 0.6 is 0 Å². The number of nitrogens with zero attached hydrogens (tertiary/aromatic N) is 1. The summed E-state index contributed by atoms with van der Waals surface area (Å²) in [5.74, 6) is 2.04. The van der Waals surface area contributed by atoms with Gasteiger partial charge in [0.15, 0.2) is 0 Å². The molecule has 2 aromatic rings. The molecule has 1 aliphatic rings. The van der Waals surface area contributed by atoms with Crippen molar-refractivity contribution in [1.82, 2.24) is 15.3 Å². The normalized spacial score (nSPS) is 15.2. The van der Waals surface area contributed by atoms with Crippen molar-refractivity contribution in [2.45, 2.75) is 18.9 Å². The predicted octanol–water partition coefficient (Wildman–Crippen LogP) is 1.85. The molecule has 0 saturated carbocycles. The Labute approximate surface area is 106 Å². The molecule has 1 aliphatic heterocycles. The van der Waals surface area contributed by atoms with E-state index in [1.54, 1.807) is 6.20 Å². The molecule has 1 aromatic heterocycles. The molecule has 1 aromatic carbocycles. The van der Waals surface area contributed by atoms with Crippen molar-refractivity contribution in [2.75, 3.05) is 13.7 Å². The first kappa shape index (κ1) is 11.3. The molecule has 4 heteroatoms. The van der Waals surface area contributed by atoms with Crippen LogP contribution in [0.4, 0.5) is 0 Å². The average molecular weight is 243 g/mol. The minimum atomic E-state index is 0.280. The highest BCUT2D eigenvalue weighted by atomic mass is 16.5. The molecule has 2 N–H and O–H groups in total. The monoisotopic (exact) mass is 243 g/mol. The minimum absolute atomic E-state index is 0.280. The van der Waals surface area contributed by atoms with Crippen LogP contribution in [0.2, 0.25) is 0 Å². The number of fused-ring (bicyclic) bond motifs is 1. The molecule has 1 atom stereocenters. The van der Waals surface area contributed by atoms with E-state index in [2.05, 4.69) is 33.5 Å². The quantitative estimate of drug-likeness (QED) is 0.861. The van der Waals surface area contributed by atoms with Crippen LogP contribution in [-0.2, 0) is 12.8 Å². The molecular weight excluding hydrogens is 226 g/mol. The molecule has 0 fully saturated rings. The van der Waals surface area contributed by atoms with Gasteiger partial charge in [-0.1, -0.05) is 12.1 Å². The number of hydrogen-bond acceptors (Lipinski definition) is 3. The fourth-order valence-corrected chi connectivity index (χ4v) is 2.41. The third-order valence-corrected chi connectivity index (χ3v) is 3.42. The molecule has 3 rings (SSSR count). The number of imidazole rings is 1. The Morgan fingerprint density at radius 1 is 1.50 bits per heavy atom. The van der Waals surface area contributed by atoms with Crippen molar-refractivity contribution < 1.29 is 4.74 Å². The molecule has 0 amide bonds. The summed E-state index contributed by atoms with van der Waals surface area (Å²) in [7, 11) is 1.98. The molecule has 0 saturated heterocycles. The van der Waals surface area contributed by atoms with Crippen LogP contribution in [0.5, 0.6) is 5.75 Å². The molecule has 2 heterocycles. The number of ether oxygens (including phenoxy) is 1. The summed E-state index contributed by atoms with van der Waals surface area (Å²) in [5, 5.41) is 3.35. The number of aromatic amines is 1. The lowest BCUT2D eigenvalue weighted by Gasteiger charge is -2.16. The van der Waals surface area contributed by atoms with Crippen molar-refractivity contribution >= 4 is 0 Å². The second-order valence-electron chi connectivity index (χ2n) is 4.55. The first-order valence-electron chi connectivity index (χ1n) is 6.28. The van der Waals surface area contributed by atoms with Crippen LogP contribution in [0, 0.1) is 0 Å². The number of aromatic nitrogens is 2. The zero-order valence-electron chi connectivity index (χ0n) is 10.4. The van der Waals surface area contributed by atoms with Gasteiger partial charge in [-0.15, -0.1) is 0 Å². The molecule has 0 radical (unpaired) electrons. The van der Waals surface area contributed by atoms with Crippen LogP contribution in [0.3, 0.4) is 0 Å². The lowest BCUT2D eigenvalue weighted by Crippen LogP contribution is -2.19. The van der Waals surface area contributed by atoms with Gasteiger partial charge in [0.05, 0.1) is 6.61 Å². The van der Waals surface area contributed by atoms with E-state index in [-0.39, 0.29) is 6.04 Å². The van der Waals surface area contributed by atoms with Crippen LogP contribution in [-0.4, -0.2) is 23.6 Å². The van der Waals surface area contributed by atoms with Gasteiger partial charge in [-0.3, -0.25) is 0 Å². The first-order valence-corrected chi connectivity index (χ1v) is 6.28. The summed E-state index contributed by atoms with van der Waals surface area (Å²) < 4.78 is 5.53. The molecule has 0 bridgehead atoms. The van der Waals surface area contributed by atoms with Gasteiger partial charge in [0, 0.05) is 31.3 Å². The lowest BCUT2D eigenvalue weighted by atomic mass is 10.00. The Balaban J connectivity index is 1.83. The largest absolute Gasteiger partial charge is 0.493 e. The Morgan fingerprint density at radius 3 is 3.22 bits per heavy atom. The standard InChI is InChI=1S/C14H17N3O/c1-15-12(9-14-16-5-6-17-14)10-2-3-13-11(8-10)4-7-18-13/h2-3,5-6,8,12,15H,4,7,9H2,1H3,(H,16,17). The highest BCUT2D eigenvalue weighted by Gasteiger charge is 2.16. The van der Waals surface area contributed by atoms with Gasteiger partial charge in [-0.25, -0.2) is 4.98 Å². The third-order valence-electron chi connectivity index (χ3n) is 3.42. The van der Waals surface area contributed by atoms with E-state index >= 15 is 0 Å². The fourth-order valence-electron chi connectivity index (χ4n) is 2.41. The highest BCUT2D eigenvalue weighted by molar-refractivity contribution is 5.41. The average Bonchev–Trinajstić information content (AvgIpc) is 3.06. The number of likely N-dealkylation sites (N-methyl/N-ethyl adjacent to an activating group) is 1. The van der Waals surface area contributed by atoms with Crippen LogP contribution in [0.25, 0.3) is 0 Å². The Morgan fingerprint density at radius 2 is 2.44 bits per heavy atom. The molecular formula is C14H17N3O. The Hall–Kier alpha value is -1.81. The van der Waals surface area contributed by atoms with Gasteiger partial charge < -0.3 is 15.0 Å². The minimum Gasteiger partial charge on any atom is -0.493 e. The van der Waals surface area contributed by atoms with Gasteiger partial charge >= 0.3 is 0 Å². The van der Waals surface area contributed by atoms with E-state index in [0.29, 0.717) is 0 Å². The zero-order valence-corrected chi connectivity index (χ0v) is 10.4. The maximum Gasteiger partial charge on any atom is 0.122 e. The van der Waals surface area contributed by atoms with Gasteiger partial charge in [0.1, 0.15) is 11.6 Å². The number of benzene rings is 1. The highest BCUT2D eigenvalue weighted by Crippen LogP contribution is 2.28. The van der Waals surface area contributed by atoms with Crippen molar-refractivity contribution in [3.8, 4) is 5.75 Å². The molecule has 0 aliphatic carbocycles. The predicted molar refractivity (Wildman–Crippen MR) is 69.7 cm³/mol. The van der Waals surface area contributed by atoms with Gasteiger partial charge in [0.25, 0.3) is 0 Å². The van der Waals surface area contributed by atoms with Crippen LogP contribution in [0.15, 0.2) is 30.6 Å². The van der Waals surface area contributed by atoms with E-state index < -0.39 is 0 Å². The molecule has 18 heavy (non-hydrogen) atoms. The van der Waals surface area contributed by atoms with Crippen molar-refractivity contribution in [2.24, 2.45) is 0 Å². The van der Waals surface area contributed by atoms with Crippen LogP contribution in [0.1, 0.15) is 23.0 Å². The summed E-state index contributed by atoms with van der Waals surface area (Å²) in [6, 6.07) is 6.73. The van der Waals surface area contributed by atoms with E-state index in [4.69, 9.17) is 4.74 Å². The second kappa shape index (κ2) is 4.82. The number of H-pyrrole nitrogens is 1. The van der Waals surface area contributed by atoms with Gasteiger partial charge in [-0.05, 0) is 24.2 Å². The number of hydrogen-bond donors (Lipinski definition) is 2. The smallest absolute Gasteiger partial charge is 0.122 e. The van der Waals surface area contributed by atoms with Crippen molar-refractivity contribution in [1.29, 1.82) is 0 Å². The molecule has 1 unspecified atom stereocenters. The summed E-state index contributed by atoms with van der Waals surface area (Å²) in [5.41, 5.74) is 2.60. The van der Waals surface area contributed by atoms with Gasteiger partial charge in [0.2, 0.25) is 0 Å². The maximum atomic E-state index is 5.53. The third kappa shape index (κ3) is 2.11. The van der Waals surface area contributed by atoms with Crippen molar-refractivity contribution in [3.63, 3.8) is 0 Å². The van der Waals surface area contributed by atoms with Crippen molar-refractivity contribution in [3.05, 3.63) is 47.5 Å². The molecule has 94 valence electrons. The fraction of sp³-hybridized carbons (Fsp3) is 0.357. The summed E-state index contributed by atoms with van der Waals surface area (Å²) >= 11 is 0. The Kier molecular flexibility index (Phi) is 3.02. The summed E-state index contributed by atoms with van der Waals surface area (Å²) in [6.45, 7) is 0.807. The van der Waals surface area contributed by atoms with E-state index in [1.807, 2.05) is 13.2 Å². The zero-order chi connectivity index (χ0) is 12.4. The number of nitrogens with one attached hydrogen (secondary N) is 2. The topological polar surface area (TPSA) is 49.9 Å². The summed E-state index contributed by atoms with van der Waals surface area (Å²) in [4.78, 5) is 7.43. The molecule has 0 spiro atoms. The van der Waals surface area contributed by atoms with E-state index in [0.717, 1.165) is 31.0 Å². The molecule has 4 nitrogen and oxygen atoms in total. The lowest BCUT2D eigenvalue weighted by molar-refractivity contribution is 0.356.